The lowest BCUT2D eigenvalue weighted by atomic mass is 9.81. The second kappa shape index (κ2) is 10.4. The van der Waals surface area contributed by atoms with Crippen LogP contribution in [-0.4, -0.2) is 46.0 Å². The van der Waals surface area contributed by atoms with Crippen molar-refractivity contribution in [3.05, 3.63) is 23.2 Å². The fourth-order valence-corrected chi connectivity index (χ4v) is 4.55. The van der Waals surface area contributed by atoms with E-state index >= 15 is 0 Å². The molecule has 1 N–H and O–H groups in total. The number of aromatic nitrogens is 3. The highest BCUT2D eigenvalue weighted by Gasteiger charge is 2.39. The molecule has 1 aliphatic carbocycles. The molecule has 0 radical (unpaired) electrons. The van der Waals surface area contributed by atoms with E-state index in [1.807, 2.05) is 40.7 Å². The predicted octanol–water partition coefficient (Wildman–Crippen LogP) is 5.34. The zero-order valence-electron chi connectivity index (χ0n) is 19.7. The summed E-state index contributed by atoms with van der Waals surface area (Å²) in [5.41, 5.74) is 0.604. The summed E-state index contributed by atoms with van der Waals surface area (Å²) in [6.07, 6.45) is 5.73. The Morgan fingerprint density at radius 1 is 1.22 bits per heavy atom. The molecule has 1 saturated carbocycles. The Bertz CT molecular complexity index is 913. The lowest BCUT2D eigenvalue weighted by molar-refractivity contribution is -0.145. The first-order valence-corrected chi connectivity index (χ1v) is 11.8. The van der Waals surface area contributed by atoms with Crippen molar-refractivity contribution in [1.82, 2.24) is 19.9 Å². The van der Waals surface area contributed by atoms with Gasteiger partial charge in [-0.1, -0.05) is 19.3 Å². The number of nitrogens with one attached hydrogen (secondary N) is 1. The molecule has 3 rings (SSSR count). The molecule has 2 aromatic rings. The van der Waals surface area contributed by atoms with Gasteiger partial charge in [-0.05, 0) is 65.1 Å². The Hall–Kier alpha value is -1.90. The number of hydrogen-bond donors (Lipinski definition) is 1. The molecule has 1 fully saturated rings. The van der Waals surface area contributed by atoms with Crippen molar-refractivity contribution in [3.63, 3.8) is 0 Å². The molecule has 0 aliphatic heterocycles. The minimum atomic E-state index is -0.565. The van der Waals surface area contributed by atoms with E-state index in [9.17, 15) is 4.79 Å². The third kappa shape index (κ3) is 5.71. The summed E-state index contributed by atoms with van der Waals surface area (Å²) in [5.74, 6) is 0. The standard InChI is InChI=1S/C23H35ClN4O4/c1-6-30-19(31-7-2)17-13-16-14-25-20(24)27-18(16)28(17)23(11-9-8-10-12-23)15-26-21(29)32-22(3,4)5/h13-14,19H,6-12,15H2,1-5H3,(H,26,29). The normalized spacial score (nSPS) is 16.5. The minimum absolute atomic E-state index is 0.179. The summed E-state index contributed by atoms with van der Waals surface area (Å²) < 4.78 is 19.6. The minimum Gasteiger partial charge on any atom is -0.444 e. The predicted molar refractivity (Wildman–Crippen MR) is 124 cm³/mol. The Kier molecular flexibility index (Phi) is 8.01. The van der Waals surface area contributed by atoms with Gasteiger partial charge < -0.3 is 24.1 Å². The van der Waals surface area contributed by atoms with Crippen molar-refractivity contribution in [2.45, 2.75) is 84.2 Å². The van der Waals surface area contributed by atoms with Crippen LogP contribution in [-0.2, 0) is 19.7 Å². The van der Waals surface area contributed by atoms with Crippen LogP contribution in [0.4, 0.5) is 4.79 Å². The van der Waals surface area contributed by atoms with Gasteiger partial charge in [-0.15, -0.1) is 0 Å². The van der Waals surface area contributed by atoms with E-state index in [4.69, 9.17) is 25.8 Å². The smallest absolute Gasteiger partial charge is 0.407 e. The first-order valence-electron chi connectivity index (χ1n) is 11.4. The summed E-state index contributed by atoms with van der Waals surface area (Å²) in [6.45, 7) is 10.9. The van der Waals surface area contributed by atoms with Gasteiger partial charge in [0, 0.05) is 31.3 Å². The summed E-state index contributed by atoms with van der Waals surface area (Å²) in [4.78, 5) is 21.2. The van der Waals surface area contributed by atoms with E-state index in [2.05, 4.69) is 19.9 Å². The fraction of sp³-hybridized carbons (Fsp3) is 0.696. The Labute approximate surface area is 195 Å². The third-order valence-corrected chi connectivity index (χ3v) is 5.82. The SMILES string of the molecule is CCOC(OCC)c1cc2cnc(Cl)nc2n1C1(CNC(=O)OC(C)(C)C)CCCCC1. The van der Waals surface area contributed by atoms with Crippen LogP contribution < -0.4 is 5.32 Å². The Morgan fingerprint density at radius 2 is 1.88 bits per heavy atom. The zero-order chi connectivity index (χ0) is 23.4. The van der Waals surface area contributed by atoms with Gasteiger partial charge in [0.05, 0.1) is 11.2 Å². The molecule has 0 bridgehead atoms. The van der Waals surface area contributed by atoms with Gasteiger partial charge in [0.25, 0.3) is 0 Å². The van der Waals surface area contributed by atoms with Crippen LogP contribution >= 0.6 is 11.6 Å². The molecule has 1 amide bonds. The number of amides is 1. The number of fused-ring (bicyclic) bond motifs is 1. The second-order valence-electron chi connectivity index (χ2n) is 9.21. The number of ether oxygens (including phenoxy) is 3. The van der Waals surface area contributed by atoms with Gasteiger partial charge >= 0.3 is 6.09 Å². The molecule has 2 aromatic heterocycles. The van der Waals surface area contributed by atoms with Crippen molar-refractivity contribution >= 4 is 28.7 Å². The lowest BCUT2D eigenvalue weighted by Crippen LogP contribution is -2.48. The number of nitrogens with zero attached hydrogens (tertiary/aromatic N) is 3. The maximum atomic E-state index is 12.5. The molecule has 0 atom stereocenters. The summed E-state index contributed by atoms with van der Waals surface area (Å²) in [7, 11) is 0. The number of halogens is 1. The molecule has 32 heavy (non-hydrogen) atoms. The van der Waals surface area contributed by atoms with Crippen molar-refractivity contribution < 1.29 is 19.0 Å². The lowest BCUT2D eigenvalue weighted by Gasteiger charge is -2.41. The summed E-state index contributed by atoms with van der Waals surface area (Å²) in [6, 6.07) is 2.01. The highest BCUT2D eigenvalue weighted by atomic mass is 35.5. The summed E-state index contributed by atoms with van der Waals surface area (Å²) in [5, 5.41) is 4.04. The first-order chi connectivity index (χ1) is 15.2. The van der Waals surface area contributed by atoms with Gasteiger partial charge in [0.2, 0.25) is 5.28 Å². The van der Waals surface area contributed by atoms with E-state index in [0.717, 1.165) is 48.8 Å². The van der Waals surface area contributed by atoms with Gasteiger partial charge in [-0.3, -0.25) is 0 Å². The van der Waals surface area contributed by atoms with Crippen molar-refractivity contribution in [1.29, 1.82) is 0 Å². The number of alkyl carbamates (subject to hydrolysis) is 1. The second-order valence-corrected chi connectivity index (χ2v) is 9.54. The maximum absolute atomic E-state index is 12.5. The molecule has 1 aliphatic rings. The first kappa shape index (κ1) is 24.7. The monoisotopic (exact) mass is 466 g/mol. The van der Waals surface area contributed by atoms with Crippen LogP contribution in [0.15, 0.2) is 12.3 Å². The largest absolute Gasteiger partial charge is 0.444 e. The Balaban J connectivity index is 2.09. The quantitative estimate of drug-likeness (QED) is 0.417. The van der Waals surface area contributed by atoms with Crippen LogP contribution in [0.25, 0.3) is 11.0 Å². The highest BCUT2D eigenvalue weighted by molar-refractivity contribution is 6.28. The molecule has 9 heteroatoms. The number of hydrogen-bond acceptors (Lipinski definition) is 6. The van der Waals surface area contributed by atoms with E-state index in [-0.39, 0.29) is 5.28 Å². The fourth-order valence-electron chi connectivity index (χ4n) is 4.42. The van der Waals surface area contributed by atoms with Gasteiger partial charge in [0.15, 0.2) is 6.29 Å². The van der Waals surface area contributed by atoms with Gasteiger partial charge in [-0.2, -0.15) is 4.98 Å². The topological polar surface area (TPSA) is 87.5 Å². The molecular formula is C23H35ClN4O4. The van der Waals surface area contributed by atoms with Crippen LogP contribution in [0.5, 0.6) is 0 Å². The molecule has 0 unspecified atom stereocenters. The number of rotatable bonds is 8. The van der Waals surface area contributed by atoms with Crippen LogP contribution in [0.3, 0.4) is 0 Å². The molecule has 0 spiro atoms. The molecule has 8 nitrogen and oxygen atoms in total. The van der Waals surface area contributed by atoms with Gasteiger partial charge in [-0.25, -0.2) is 9.78 Å². The molecule has 2 heterocycles. The van der Waals surface area contributed by atoms with Crippen molar-refractivity contribution in [2.75, 3.05) is 19.8 Å². The van der Waals surface area contributed by atoms with E-state index in [1.54, 1.807) is 6.20 Å². The van der Waals surface area contributed by atoms with Gasteiger partial charge in [0.1, 0.15) is 11.2 Å². The van der Waals surface area contributed by atoms with E-state index in [1.165, 1.54) is 0 Å². The maximum Gasteiger partial charge on any atom is 0.407 e. The van der Waals surface area contributed by atoms with Crippen molar-refractivity contribution in [2.24, 2.45) is 0 Å². The molecule has 0 saturated heterocycles. The highest BCUT2D eigenvalue weighted by Crippen LogP contribution is 2.41. The van der Waals surface area contributed by atoms with Crippen LogP contribution in [0.2, 0.25) is 5.28 Å². The van der Waals surface area contributed by atoms with E-state index < -0.39 is 23.5 Å². The van der Waals surface area contributed by atoms with Crippen LogP contribution in [0.1, 0.15) is 78.7 Å². The summed E-state index contributed by atoms with van der Waals surface area (Å²) >= 11 is 6.20. The van der Waals surface area contributed by atoms with E-state index in [0.29, 0.717) is 19.8 Å². The third-order valence-electron chi connectivity index (χ3n) is 5.64. The molecular weight excluding hydrogens is 432 g/mol. The van der Waals surface area contributed by atoms with Crippen LogP contribution in [0, 0.1) is 0 Å². The number of carbonyl (C=O) groups excluding carboxylic acids is 1. The Morgan fingerprint density at radius 3 is 2.47 bits per heavy atom. The molecule has 178 valence electrons. The molecule has 0 aromatic carbocycles. The average molecular weight is 467 g/mol. The average Bonchev–Trinajstić information content (AvgIpc) is 3.11. The zero-order valence-corrected chi connectivity index (χ0v) is 20.5. The van der Waals surface area contributed by atoms with Crippen molar-refractivity contribution in [3.8, 4) is 0 Å². The number of carbonyl (C=O) groups is 1.